The SMILES string of the molecule is COc1ccc(C(=O)OCC(=O)c2ccc(C)c([N+](=O)[O-])c2)cc1F. The fraction of sp³-hybridized carbons (Fsp3) is 0.176. The van der Waals surface area contributed by atoms with Gasteiger partial charge in [0.15, 0.2) is 18.2 Å². The van der Waals surface area contributed by atoms with Crippen LogP contribution < -0.4 is 4.74 Å². The van der Waals surface area contributed by atoms with E-state index in [1.165, 1.54) is 31.4 Å². The average Bonchev–Trinajstić information content (AvgIpc) is 2.59. The number of nitro groups is 1. The van der Waals surface area contributed by atoms with E-state index >= 15 is 0 Å². The molecule has 0 saturated carbocycles. The molecule has 25 heavy (non-hydrogen) atoms. The monoisotopic (exact) mass is 347 g/mol. The zero-order valence-electron chi connectivity index (χ0n) is 13.4. The lowest BCUT2D eigenvalue weighted by Crippen LogP contribution is -2.14. The minimum atomic E-state index is -0.892. The lowest BCUT2D eigenvalue weighted by molar-refractivity contribution is -0.385. The number of carbonyl (C=O) groups excluding carboxylic acids is 2. The third-order valence-electron chi connectivity index (χ3n) is 3.45. The number of aryl methyl sites for hydroxylation is 1. The van der Waals surface area contributed by atoms with Crippen LogP contribution in [0.2, 0.25) is 0 Å². The normalized spacial score (nSPS) is 10.2. The molecule has 0 N–H and O–H groups in total. The summed E-state index contributed by atoms with van der Waals surface area (Å²) < 4.78 is 23.1. The number of hydrogen-bond acceptors (Lipinski definition) is 6. The maximum Gasteiger partial charge on any atom is 0.338 e. The lowest BCUT2D eigenvalue weighted by atomic mass is 10.1. The smallest absolute Gasteiger partial charge is 0.338 e. The van der Waals surface area contributed by atoms with E-state index in [2.05, 4.69) is 0 Å². The van der Waals surface area contributed by atoms with Gasteiger partial charge in [0.05, 0.1) is 17.6 Å². The molecule has 0 bridgehead atoms. The number of methoxy groups -OCH3 is 1. The first-order valence-electron chi connectivity index (χ1n) is 7.12. The zero-order chi connectivity index (χ0) is 18.6. The molecule has 0 spiro atoms. The molecule has 0 fully saturated rings. The largest absolute Gasteiger partial charge is 0.494 e. The van der Waals surface area contributed by atoms with Crippen molar-refractivity contribution in [3.8, 4) is 5.75 Å². The van der Waals surface area contributed by atoms with Crippen molar-refractivity contribution in [2.75, 3.05) is 13.7 Å². The van der Waals surface area contributed by atoms with Gasteiger partial charge in [-0.15, -0.1) is 0 Å². The topological polar surface area (TPSA) is 95.7 Å². The van der Waals surface area contributed by atoms with Gasteiger partial charge in [0.1, 0.15) is 0 Å². The number of Topliss-reactive ketones (excluding diaryl/α,β-unsaturated/α-hetero) is 1. The summed E-state index contributed by atoms with van der Waals surface area (Å²) in [5.74, 6) is -2.26. The fourth-order valence-electron chi connectivity index (χ4n) is 2.07. The van der Waals surface area contributed by atoms with E-state index in [1.54, 1.807) is 6.92 Å². The molecule has 0 aliphatic heterocycles. The molecule has 2 aromatic rings. The summed E-state index contributed by atoms with van der Waals surface area (Å²) in [6.45, 7) is 0.928. The number of halogens is 1. The van der Waals surface area contributed by atoms with E-state index in [1.807, 2.05) is 0 Å². The van der Waals surface area contributed by atoms with E-state index < -0.39 is 29.1 Å². The summed E-state index contributed by atoms with van der Waals surface area (Å²) >= 11 is 0. The van der Waals surface area contributed by atoms with Crippen molar-refractivity contribution in [3.63, 3.8) is 0 Å². The fourth-order valence-corrected chi connectivity index (χ4v) is 2.07. The number of ether oxygens (including phenoxy) is 2. The maximum atomic E-state index is 13.6. The number of nitro benzene ring substituents is 1. The number of benzene rings is 2. The standard InChI is InChI=1S/C17H14FNO6/c1-10-3-4-11(8-14(10)19(22)23)15(20)9-25-17(21)12-5-6-16(24-2)13(18)7-12/h3-8H,9H2,1-2H3. The molecular weight excluding hydrogens is 333 g/mol. The minimum Gasteiger partial charge on any atom is -0.494 e. The highest BCUT2D eigenvalue weighted by molar-refractivity contribution is 5.99. The summed E-state index contributed by atoms with van der Waals surface area (Å²) in [7, 11) is 1.29. The van der Waals surface area contributed by atoms with Crippen molar-refractivity contribution in [3.05, 3.63) is 69.0 Å². The van der Waals surface area contributed by atoms with Gasteiger partial charge in [-0.05, 0) is 25.1 Å². The van der Waals surface area contributed by atoms with Crippen LogP contribution in [-0.4, -0.2) is 30.4 Å². The second kappa shape index (κ2) is 7.52. The highest BCUT2D eigenvalue weighted by Gasteiger charge is 2.17. The van der Waals surface area contributed by atoms with Crippen LogP contribution in [0.5, 0.6) is 5.75 Å². The third kappa shape index (κ3) is 4.17. The number of esters is 1. The van der Waals surface area contributed by atoms with Gasteiger partial charge in [-0.2, -0.15) is 0 Å². The maximum absolute atomic E-state index is 13.6. The van der Waals surface area contributed by atoms with Crippen molar-refractivity contribution in [1.82, 2.24) is 0 Å². The summed E-state index contributed by atoms with van der Waals surface area (Å²) in [6.07, 6.45) is 0. The van der Waals surface area contributed by atoms with Crippen molar-refractivity contribution in [2.45, 2.75) is 6.92 Å². The summed E-state index contributed by atoms with van der Waals surface area (Å²) in [5.41, 5.74) is 0.175. The summed E-state index contributed by atoms with van der Waals surface area (Å²) in [4.78, 5) is 34.2. The zero-order valence-corrected chi connectivity index (χ0v) is 13.4. The van der Waals surface area contributed by atoms with Gasteiger partial charge >= 0.3 is 5.97 Å². The Morgan fingerprint density at radius 3 is 2.44 bits per heavy atom. The number of hydrogen-bond donors (Lipinski definition) is 0. The molecule has 0 aliphatic rings. The predicted molar refractivity (Wildman–Crippen MR) is 85.4 cm³/mol. The average molecular weight is 347 g/mol. The number of rotatable bonds is 6. The number of ketones is 1. The van der Waals surface area contributed by atoms with Crippen molar-refractivity contribution in [1.29, 1.82) is 0 Å². The molecule has 2 rings (SSSR count). The summed E-state index contributed by atoms with van der Waals surface area (Å²) in [6, 6.07) is 7.46. The Balaban J connectivity index is 2.07. The molecule has 0 aromatic heterocycles. The molecule has 0 aliphatic carbocycles. The third-order valence-corrected chi connectivity index (χ3v) is 3.45. The first-order valence-corrected chi connectivity index (χ1v) is 7.12. The van der Waals surface area contributed by atoms with Crippen molar-refractivity contribution >= 4 is 17.4 Å². The first kappa shape index (κ1) is 18.1. The quantitative estimate of drug-likeness (QED) is 0.345. The first-order chi connectivity index (χ1) is 11.8. The van der Waals surface area contributed by atoms with E-state index in [0.29, 0.717) is 5.56 Å². The van der Waals surface area contributed by atoms with Gasteiger partial charge < -0.3 is 9.47 Å². The van der Waals surface area contributed by atoms with Crippen LogP contribution in [0.25, 0.3) is 0 Å². The molecule has 7 nitrogen and oxygen atoms in total. The molecule has 0 radical (unpaired) electrons. The number of nitrogens with zero attached hydrogens (tertiary/aromatic N) is 1. The van der Waals surface area contributed by atoms with Gasteiger partial charge in [-0.1, -0.05) is 12.1 Å². The van der Waals surface area contributed by atoms with Crippen molar-refractivity contribution in [2.24, 2.45) is 0 Å². The van der Waals surface area contributed by atoms with Gasteiger partial charge in [0.2, 0.25) is 5.78 Å². The van der Waals surface area contributed by atoms with E-state index in [-0.39, 0.29) is 22.6 Å². The van der Waals surface area contributed by atoms with Gasteiger partial charge in [0.25, 0.3) is 5.69 Å². The second-order valence-corrected chi connectivity index (χ2v) is 5.11. The lowest BCUT2D eigenvalue weighted by Gasteiger charge is -2.07. The molecule has 8 heteroatoms. The van der Waals surface area contributed by atoms with E-state index in [0.717, 1.165) is 12.1 Å². The Morgan fingerprint density at radius 2 is 1.84 bits per heavy atom. The predicted octanol–water partition coefficient (Wildman–Crippen LogP) is 3.09. The molecule has 0 heterocycles. The van der Waals surface area contributed by atoms with Gasteiger partial charge in [-0.3, -0.25) is 14.9 Å². The van der Waals surface area contributed by atoms with Crippen LogP contribution in [0.4, 0.5) is 10.1 Å². The Morgan fingerprint density at radius 1 is 1.16 bits per heavy atom. The van der Waals surface area contributed by atoms with Gasteiger partial charge in [0, 0.05) is 17.2 Å². The number of carbonyl (C=O) groups is 2. The molecule has 130 valence electrons. The summed E-state index contributed by atoms with van der Waals surface area (Å²) in [5, 5.41) is 10.9. The van der Waals surface area contributed by atoms with Crippen LogP contribution >= 0.6 is 0 Å². The van der Waals surface area contributed by atoms with E-state index in [9.17, 15) is 24.1 Å². The van der Waals surface area contributed by atoms with Gasteiger partial charge in [-0.25, -0.2) is 9.18 Å². The van der Waals surface area contributed by atoms with Crippen LogP contribution in [0, 0.1) is 22.9 Å². The van der Waals surface area contributed by atoms with Crippen LogP contribution in [0.1, 0.15) is 26.3 Å². The van der Waals surface area contributed by atoms with Crippen LogP contribution in [-0.2, 0) is 4.74 Å². The molecule has 0 atom stereocenters. The molecule has 2 aromatic carbocycles. The Labute approximate surface area is 142 Å². The molecule has 0 amide bonds. The Kier molecular flexibility index (Phi) is 5.43. The van der Waals surface area contributed by atoms with Crippen LogP contribution in [0.15, 0.2) is 36.4 Å². The molecule has 0 saturated heterocycles. The van der Waals surface area contributed by atoms with Crippen LogP contribution in [0.3, 0.4) is 0 Å². The Bertz CT molecular complexity index is 849. The molecule has 0 unspecified atom stereocenters. The van der Waals surface area contributed by atoms with E-state index in [4.69, 9.17) is 9.47 Å². The van der Waals surface area contributed by atoms with Crippen molar-refractivity contribution < 1.29 is 28.4 Å². The second-order valence-electron chi connectivity index (χ2n) is 5.11. The minimum absolute atomic E-state index is 0.0282. The highest BCUT2D eigenvalue weighted by atomic mass is 19.1. The Hall–Kier alpha value is -3.29. The highest BCUT2D eigenvalue weighted by Crippen LogP contribution is 2.20. The molecular formula is C17H14FNO6.